The van der Waals surface area contributed by atoms with Gasteiger partial charge in [-0.3, -0.25) is 0 Å². The van der Waals surface area contributed by atoms with E-state index in [0.717, 1.165) is 18.4 Å². The van der Waals surface area contributed by atoms with Gasteiger partial charge in [0, 0.05) is 6.08 Å². The van der Waals surface area contributed by atoms with Gasteiger partial charge in [0.2, 0.25) is 0 Å². The highest BCUT2D eigenvalue weighted by Gasteiger charge is 2.18. The van der Waals surface area contributed by atoms with E-state index >= 15 is 0 Å². The van der Waals surface area contributed by atoms with E-state index in [9.17, 15) is 4.79 Å². The van der Waals surface area contributed by atoms with Crippen LogP contribution in [-0.4, -0.2) is 11.1 Å². The summed E-state index contributed by atoms with van der Waals surface area (Å²) in [6.07, 6.45) is 14.1. The van der Waals surface area contributed by atoms with Gasteiger partial charge in [-0.25, -0.2) is 4.79 Å². The van der Waals surface area contributed by atoms with Crippen LogP contribution >= 0.6 is 0 Å². The molecular formula is C21H30O2. The van der Waals surface area contributed by atoms with Crippen molar-refractivity contribution in [2.75, 3.05) is 0 Å². The molecule has 0 radical (unpaired) electrons. The Balaban J connectivity index is 2.97. The Hall–Kier alpha value is -1.83. The van der Waals surface area contributed by atoms with Crippen molar-refractivity contribution in [1.82, 2.24) is 0 Å². The quantitative estimate of drug-likeness (QED) is 0.483. The highest BCUT2D eigenvalue weighted by molar-refractivity contribution is 5.81. The number of carboxylic acids is 1. The number of rotatable bonds is 6. The summed E-state index contributed by atoms with van der Waals surface area (Å²) in [5.41, 5.74) is 6.58. The first kappa shape index (κ1) is 19.2. The first-order valence-electron chi connectivity index (χ1n) is 8.54. The second-order valence-corrected chi connectivity index (χ2v) is 6.55. The lowest BCUT2D eigenvalue weighted by Gasteiger charge is -2.26. The molecule has 0 aliphatic heterocycles. The maximum atomic E-state index is 10.6. The molecule has 1 rings (SSSR count). The third-order valence-corrected chi connectivity index (χ3v) is 4.13. The van der Waals surface area contributed by atoms with E-state index in [-0.39, 0.29) is 0 Å². The zero-order valence-electron chi connectivity index (χ0n) is 15.1. The lowest BCUT2D eigenvalue weighted by molar-refractivity contribution is -0.131. The highest BCUT2D eigenvalue weighted by atomic mass is 16.4. The van der Waals surface area contributed by atoms with Crippen LogP contribution in [0.25, 0.3) is 0 Å². The minimum absolute atomic E-state index is 0.570. The van der Waals surface area contributed by atoms with Gasteiger partial charge in [0.25, 0.3) is 0 Å². The van der Waals surface area contributed by atoms with Gasteiger partial charge in [0.15, 0.2) is 0 Å². The summed E-state index contributed by atoms with van der Waals surface area (Å²) in [5.74, 6) is -0.337. The summed E-state index contributed by atoms with van der Waals surface area (Å²) in [5, 5.41) is 8.70. The summed E-state index contributed by atoms with van der Waals surface area (Å²) >= 11 is 0. The average Bonchev–Trinajstić information content (AvgIpc) is 2.45. The summed E-state index contributed by atoms with van der Waals surface area (Å²) in [7, 11) is 0. The summed E-state index contributed by atoms with van der Waals surface area (Å²) < 4.78 is 0. The maximum Gasteiger partial charge on any atom is 0.328 e. The maximum absolute atomic E-state index is 10.6. The summed E-state index contributed by atoms with van der Waals surface area (Å²) in [6.45, 7) is 10.7. The predicted molar refractivity (Wildman–Crippen MR) is 98.4 cm³/mol. The number of hydrogen-bond acceptors (Lipinski definition) is 1. The highest BCUT2D eigenvalue weighted by Crippen LogP contribution is 2.36. The topological polar surface area (TPSA) is 37.3 Å². The lowest BCUT2D eigenvalue weighted by Crippen LogP contribution is -2.08. The van der Waals surface area contributed by atoms with E-state index in [1.165, 1.54) is 30.1 Å². The summed E-state index contributed by atoms with van der Waals surface area (Å²) in [4.78, 5) is 10.6. The van der Waals surface area contributed by atoms with Crippen LogP contribution < -0.4 is 0 Å². The van der Waals surface area contributed by atoms with E-state index < -0.39 is 5.97 Å². The molecule has 23 heavy (non-hydrogen) atoms. The van der Waals surface area contributed by atoms with Gasteiger partial charge in [-0.2, -0.15) is 0 Å². The van der Waals surface area contributed by atoms with Crippen molar-refractivity contribution in [3.8, 4) is 0 Å². The molecule has 1 aliphatic carbocycles. The molecule has 126 valence electrons. The Morgan fingerprint density at radius 3 is 2.48 bits per heavy atom. The fourth-order valence-electron chi connectivity index (χ4n) is 3.20. The lowest BCUT2D eigenvalue weighted by atomic mass is 9.80. The normalized spacial score (nSPS) is 19.3. The molecular weight excluding hydrogens is 284 g/mol. The van der Waals surface area contributed by atoms with Crippen LogP contribution in [-0.2, 0) is 4.79 Å². The van der Waals surface area contributed by atoms with Crippen LogP contribution in [0.2, 0.25) is 0 Å². The molecule has 0 aromatic heterocycles. The molecule has 0 saturated heterocycles. The van der Waals surface area contributed by atoms with Crippen molar-refractivity contribution >= 4 is 5.97 Å². The van der Waals surface area contributed by atoms with Crippen LogP contribution in [0.15, 0.2) is 58.2 Å². The SMILES string of the molecule is CCC1=C(C(C)C)/C(=C/C(C)=C/C=C/C(C)=C/C(=O)O)CCC1. The van der Waals surface area contributed by atoms with Crippen molar-refractivity contribution in [2.45, 2.75) is 60.3 Å². The van der Waals surface area contributed by atoms with Gasteiger partial charge in [-0.05, 0) is 62.2 Å². The zero-order chi connectivity index (χ0) is 17.4. The Morgan fingerprint density at radius 1 is 1.22 bits per heavy atom. The van der Waals surface area contributed by atoms with E-state index in [0.29, 0.717) is 5.92 Å². The largest absolute Gasteiger partial charge is 0.478 e. The molecule has 0 saturated carbocycles. The monoisotopic (exact) mass is 314 g/mol. The number of hydrogen-bond donors (Lipinski definition) is 1. The number of carbonyl (C=O) groups is 1. The van der Waals surface area contributed by atoms with E-state index in [1.54, 1.807) is 18.1 Å². The predicted octanol–water partition coefficient (Wildman–Crippen LogP) is 5.99. The van der Waals surface area contributed by atoms with Crippen LogP contribution in [0, 0.1) is 5.92 Å². The Labute approximate surface area is 141 Å². The summed E-state index contributed by atoms with van der Waals surface area (Å²) in [6, 6.07) is 0. The van der Waals surface area contributed by atoms with Crippen LogP contribution in [0.5, 0.6) is 0 Å². The molecule has 0 aromatic carbocycles. The molecule has 0 amide bonds. The van der Waals surface area contributed by atoms with Gasteiger partial charge in [-0.15, -0.1) is 0 Å². The molecule has 0 heterocycles. The van der Waals surface area contributed by atoms with Gasteiger partial charge in [0.05, 0.1) is 0 Å². The van der Waals surface area contributed by atoms with Gasteiger partial charge < -0.3 is 5.11 Å². The fraction of sp³-hybridized carbons (Fsp3) is 0.476. The molecule has 0 bridgehead atoms. The minimum Gasteiger partial charge on any atom is -0.478 e. The number of allylic oxidation sites excluding steroid dienone is 9. The van der Waals surface area contributed by atoms with Crippen molar-refractivity contribution in [1.29, 1.82) is 0 Å². The molecule has 0 fully saturated rings. The Kier molecular flexibility index (Phi) is 7.80. The third-order valence-electron chi connectivity index (χ3n) is 4.13. The van der Waals surface area contributed by atoms with Crippen molar-refractivity contribution in [2.24, 2.45) is 5.92 Å². The second-order valence-electron chi connectivity index (χ2n) is 6.55. The molecule has 0 aromatic rings. The smallest absolute Gasteiger partial charge is 0.328 e. The molecule has 0 spiro atoms. The fourth-order valence-corrected chi connectivity index (χ4v) is 3.20. The molecule has 0 unspecified atom stereocenters. The number of aliphatic carboxylic acids is 1. The first-order chi connectivity index (χ1) is 10.8. The first-order valence-corrected chi connectivity index (χ1v) is 8.54. The molecule has 2 heteroatoms. The standard InChI is InChI=1S/C21H30O2/c1-6-18-11-8-12-19(21(18)15(2)3)13-16(4)9-7-10-17(5)14-20(22)23/h7,9-10,13-15H,6,8,11-12H2,1-5H3,(H,22,23)/b10-7+,16-9+,17-14+,19-13+. The second kappa shape index (κ2) is 9.34. The van der Waals surface area contributed by atoms with E-state index in [1.807, 2.05) is 18.2 Å². The number of carboxylic acid groups (broad SMARTS) is 1. The Bertz CT molecular complexity index is 581. The van der Waals surface area contributed by atoms with Gasteiger partial charge >= 0.3 is 5.97 Å². The molecule has 1 aliphatic rings. The van der Waals surface area contributed by atoms with Crippen LogP contribution in [0.3, 0.4) is 0 Å². The molecule has 2 nitrogen and oxygen atoms in total. The van der Waals surface area contributed by atoms with Crippen LogP contribution in [0.4, 0.5) is 0 Å². The minimum atomic E-state index is -0.906. The van der Waals surface area contributed by atoms with Crippen molar-refractivity contribution in [3.05, 3.63) is 58.2 Å². The molecule has 1 N–H and O–H groups in total. The third kappa shape index (κ3) is 6.43. The van der Waals surface area contributed by atoms with Crippen LogP contribution in [0.1, 0.15) is 60.3 Å². The zero-order valence-corrected chi connectivity index (χ0v) is 15.1. The van der Waals surface area contributed by atoms with Gasteiger partial charge in [0.1, 0.15) is 0 Å². The van der Waals surface area contributed by atoms with E-state index in [4.69, 9.17) is 5.11 Å². The Morgan fingerprint density at radius 2 is 1.91 bits per heavy atom. The molecule has 0 atom stereocenters. The average molecular weight is 314 g/mol. The van der Waals surface area contributed by atoms with Gasteiger partial charge in [-0.1, -0.05) is 56.2 Å². The van der Waals surface area contributed by atoms with Crippen molar-refractivity contribution in [3.63, 3.8) is 0 Å². The van der Waals surface area contributed by atoms with E-state index in [2.05, 4.69) is 33.8 Å². The van der Waals surface area contributed by atoms with Crippen molar-refractivity contribution < 1.29 is 9.90 Å².